The number of hydrogen-bond donors (Lipinski definition) is 2. The lowest BCUT2D eigenvalue weighted by atomic mass is 10.2. The molecule has 2 aromatic rings. The van der Waals surface area contributed by atoms with E-state index in [4.69, 9.17) is 14.6 Å². The first kappa shape index (κ1) is 14.7. The smallest absolute Gasteiger partial charge is 0.404 e. The number of hydrogen-bond acceptors (Lipinski definition) is 3. The monoisotopic (exact) mass is 287 g/mol. The lowest BCUT2D eigenvalue weighted by Gasteiger charge is -2.12. The third kappa shape index (κ3) is 4.42. The highest BCUT2D eigenvalue weighted by atomic mass is 16.5. The first-order chi connectivity index (χ1) is 10.2. The largest absolute Gasteiger partial charge is 0.496 e. The fourth-order valence-electron chi connectivity index (χ4n) is 1.87. The van der Waals surface area contributed by atoms with Crippen LogP contribution < -0.4 is 14.8 Å². The lowest BCUT2D eigenvalue weighted by Crippen LogP contribution is -2.20. The van der Waals surface area contributed by atoms with Gasteiger partial charge in [-0.2, -0.15) is 0 Å². The molecular weight excluding hydrogens is 270 g/mol. The average molecular weight is 287 g/mol. The van der Waals surface area contributed by atoms with Gasteiger partial charge in [-0.1, -0.05) is 30.3 Å². The first-order valence-corrected chi connectivity index (χ1v) is 6.49. The molecule has 0 aliphatic rings. The van der Waals surface area contributed by atoms with Crippen LogP contribution in [-0.4, -0.2) is 18.3 Å². The second kappa shape index (κ2) is 7.19. The Morgan fingerprint density at radius 2 is 1.95 bits per heavy atom. The van der Waals surface area contributed by atoms with Gasteiger partial charge in [-0.3, -0.25) is 0 Å². The molecule has 0 saturated carbocycles. The van der Waals surface area contributed by atoms with Crippen LogP contribution in [0.25, 0.3) is 0 Å². The van der Waals surface area contributed by atoms with E-state index in [9.17, 15) is 4.79 Å². The summed E-state index contributed by atoms with van der Waals surface area (Å²) in [5.74, 6) is 1.27. The minimum atomic E-state index is -1.07. The van der Waals surface area contributed by atoms with Gasteiger partial charge in [0.15, 0.2) is 0 Å². The number of amides is 1. The van der Waals surface area contributed by atoms with Crippen LogP contribution in [0.3, 0.4) is 0 Å². The van der Waals surface area contributed by atoms with Crippen molar-refractivity contribution in [1.29, 1.82) is 0 Å². The topological polar surface area (TPSA) is 67.8 Å². The van der Waals surface area contributed by atoms with Gasteiger partial charge in [0.25, 0.3) is 0 Å². The molecule has 2 rings (SSSR count). The van der Waals surface area contributed by atoms with Crippen molar-refractivity contribution in [2.75, 3.05) is 7.11 Å². The van der Waals surface area contributed by atoms with Crippen molar-refractivity contribution in [2.45, 2.75) is 13.2 Å². The van der Waals surface area contributed by atoms with E-state index < -0.39 is 6.09 Å². The van der Waals surface area contributed by atoms with Crippen molar-refractivity contribution in [3.05, 3.63) is 59.7 Å². The van der Waals surface area contributed by atoms with Crippen LogP contribution in [-0.2, 0) is 13.2 Å². The van der Waals surface area contributed by atoms with E-state index in [2.05, 4.69) is 5.32 Å². The molecule has 2 N–H and O–H groups in total. The molecule has 110 valence electrons. The van der Waals surface area contributed by atoms with Crippen molar-refractivity contribution in [2.24, 2.45) is 0 Å². The summed E-state index contributed by atoms with van der Waals surface area (Å²) in [7, 11) is 1.54. The van der Waals surface area contributed by atoms with E-state index in [1.165, 1.54) is 0 Å². The standard InChI is InChI=1S/C16H17NO4/c1-20-15-9-14(8-7-13(15)10-17-16(18)19)21-11-12-5-3-2-4-6-12/h2-9,17H,10-11H2,1H3,(H,18,19). The van der Waals surface area contributed by atoms with Crippen LogP contribution in [0.5, 0.6) is 11.5 Å². The Bertz CT molecular complexity index is 598. The molecule has 0 aliphatic heterocycles. The molecule has 0 unspecified atom stereocenters. The Morgan fingerprint density at radius 1 is 1.19 bits per heavy atom. The molecule has 21 heavy (non-hydrogen) atoms. The summed E-state index contributed by atoms with van der Waals surface area (Å²) >= 11 is 0. The van der Waals surface area contributed by atoms with Gasteiger partial charge in [-0.05, 0) is 17.7 Å². The van der Waals surface area contributed by atoms with E-state index in [0.717, 1.165) is 11.1 Å². The molecule has 0 radical (unpaired) electrons. The summed E-state index contributed by atoms with van der Waals surface area (Å²) in [5, 5.41) is 10.9. The quantitative estimate of drug-likeness (QED) is 0.857. The molecule has 1 amide bonds. The van der Waals surface area contributed by atoms with Crippen molar-refractivity contribution < 1.29 is 19.4 Å². The van der Waals surface area contributed by atoms with E-state index in [-0.39, 0.29) is 6.54 Å². The minimum Gasteiger partial charge on any atom is -0.496 e. The number of nitrogens with one attached hydrogen (secondary N) is 1. The van der Waals surface area contributed by atoms with E-state index >= 15 is 0 Å². The minimum absolute atomic E-state index is 0.192. The molecule has 0 aromatic heterocycles. The summed E-state index contributed by atoms with van der Waals surface area (Å²) in [6.07, 6.45) is -1.07. The number of carbonyl (C=O) groups is 1. The summed E-state index contributed by atoms with van der Waals surface area (Å²) in [6.45, 7) is 0.661. The third-order valence-corrected chi connectivity index (χ3v) is 2.94. The van der Waals surface area contributed by atoms with Crippen LogP contribution in [0.4, 0.5) is 4.79 Å². The maximum Gasteiger partial charge on any atom is 0.404 e. The van der Waals surface area contributed by atoms with Gasteiger partial charge in [-0.25, -0.2) is 4.79 Å². The Balaban J connectivity index is 2.02. The highest BCUT2D eigenvalue weighted by Crippen LogP contribution is 2.25. The van der Waals surface area contributed by atoms with Crippen molar-refractivity contribution >= 4 is 6.09 Å². The number of rotatable bonds is 6. The average Bonchev–Trinajstić information content (AvgIpc) is 2.52. The second-order valence-electron chi connectivity index (χ2n) is 4.41. The molecule has 5 heteroatoms. The summed E-state index contributed by atoms with van der Waals surface area (Å²) in [4.78, 5) is 10.5. The molecule has 0 saturated heterocycles. The SMILES string of the molecule is COc1cc(OCc2ccccc2)ccc1CNC(=O)O. The second-order valence-corrected chi connectivity index (χ2v) is 4.41. The van der Waals surface area contributed by atoms with Crippen LogP contribution in [0.15, 0.2) is 48.5 Å². The van der Waals surface area contributed by atoms with E-state index in [1.54, 1.807) is 25.3 Å². The highest BCUT2D eigenvalue weighted by Gasteiger charge is 2.06. The molecule has 0 bridgehead atoms. The molecule has 0 atom stereocenters. The van der Waals surface area contributed by atoms with Crippen LogP contribution in [0.1, 0.15) is 11.1 Å². The molecule has 5 nitrogen and oxygen atoms in total. The van der Waals surface area contributed by atoms with Gasteiger partial charge in [0.05, 0.1) is 7.11 Å². The first-order valence-electron chi connectivity index (χ1n) is 6.49. The zero-order valence-corrected chi connectivity index (χ0v) is 11.7. The number of ether oxygens (including phenoxy) is 2. The van der Waals surface area contributed by atoms with Gasteiger partial charge in [0.1, 0.15) is 18.1 Å². The van der Waals surface area contributed by atoms with Gasteiger partial charge in [-0.15, -0.1) is 0 Å². The van der Waals surface area contributed by atoms with Gasteiger partial charge in [0, 0.05) is 18.2 Å². The Labute approximate surface area is 123 Å². The fraction of sp³-hybridized carbons (Fsp3) is 0.188. The summed E-state index contributed by atoms with van der Waals surface area (Å²) in [5.41, 5.74) is 1.83. The third-order valence-electron chi connectivity index (χ3n) is 2.94. The van der Waals surface area contributed by atoms with Gasteiger partial charge >= 0.3 is 6.09 Å². The zero-order valence-electron chi connectivity index (χ0n) is 11.7. The molecular formula is C16H17NO4. The van der Waals surface area contributed by atoms with Crippen LogP contribution in [0, 0.1) is 0 Å². The Morgan fingerprint density at radius 3 is 2.62 bits per heavy atom. The van der Waals surface area contributed by atoms with Gasteiger partial charge < -0.3 is 19.9 Å². The normalized spacial score (nSPS) is 9.95. The van der Waals surface area contributed by atoms with Crippen LogP contribution >= 0.6 is 0 Å². The molecule has 0 fully saturated rings. The number of carboxylic acid groups (broad SMARTS) is 1. The highest BCUT2D eigenvalue weighted by molar-refractivity contribution is 5.64. The molecule has 0 heterocycles. The summed E-state index contributed by atoms with van der Waals surface area (Å²) in [6, 6.07) is 15.2. The predicted molar refractivity (Wildman–Crippen MR) is 78.6 cm³/mol. The van der Waals surface area contributed by atoms with Gasteiger partial charge in [0.2, 0.25) is 0 Å². The Hall–Kier alpha value is -2.69. The lowest BCUT2D eigenvalue weighted by molar-refractivity contribution is 0.194. The van der Waals surface area contributed by atoms with Crippen molar-refractivity contribution in [3.8, 4) is 11.5 Å². The Kier molecular flexibility index (Phi) is 5.04. The van der Waals surface area contributed by atoms with E-state index in [0.29, 0.717) is 18.1 Å². The molecule has 0 aliphatic carbocycles. The predicted octanol–water partition coefficient (Wildman–Crippen LogP) is 3.04. The molecule has 0 spiro atoms. The summed E-state index contributed by atoms with van der Waals surface area (Å²) < 4.78 is 11.0. The maximum absolute atomic E-state index is 10.5. The zero-order chi connectivity index (χ0) is 15.1. The number of methoxy groups -OCH3 is 1. The van der Waals surface area contributed by atoms with Crippen LogP contribution in [0.2, 0.25) is 0 Å². The molecule has 2 aromatic carbocycles. The van der Waals surface area contributed by atoms with E-state index in [1.807, 2.05) is 30.3 Å². The fourth-order valence-corrected chi connectivity index (χ4v) is 1.87. The number of benzene rings is 2. The van der Waals surface area contributed by atoms with Crippen molar-refractivity contribution in [3.63, 3.8) is 0 Å². The van der Waals surface area contributed by atoms with Crippen molar-refractivity contribution in [1.82, 2.24) is 5.32 Å². The maximum atomic E-state index is 10.5.